The topological polar surface area (TPSA) is 54.0 Å². The molecule has 0 bridgehead atoms. The van der Waals surface area contributed by atoms with Crippen molar-refractivity contribution in [3.63, 3.8) is 0 Å². The van der Waals surface area contributed by atoms with Crippen LogP contribution in [0.2, 0.25) is 19.6 Å². The van der Waals surface area contributed by atoms with Crippen molar-refractivity contribution in [3.05, 3.63) is 0 Å². The van der Waals surface area contributed by atoms with Gasteiger partial charge in [-0.05, 0) is 52.2 Å². The van der Waals surface area contributed by atoms with E-state index in [1.807, 2.05) is 6.92 Å². The van der Waals surface area contributed by atoms with E-state index in [1.165, 1.54) is 0 Å². The summed E-state index contributed by atoms with van der Waals surface area (Å²) >= 11 is 0. The number of rotatable bonds is 7. The third-order valence-corrected chi connectivity index (χ3v) is 5.62. The van der Waals surface area contributed by atoms with E-state index in [-0.39, 0.29) is 17.4 Å². The first-order valence-electron chi connectivity index (χ1n) is 8.92. The van der Waals surface area contributed by atoms with Crippen molar-refractivity contribution >= 4 is 14.3 Å². The SMILES string of the molecule is CCOC(=O)CCCC1(O[Si](C)(C)C)CCC2(CC1)OCCO2. The number of hydrogen-bond acceptors (Lipinski definition) is 5. The minimum absolute atomic E-state index is 0.106. The van der Waals surface area contributed by atoms with Gasteiger partial charge in [0.25, 0.3) is 0 Å². The minimum atomic E-state index is -1.66. The highest BCUT2D eigenvalue weighted by molar-refractivity contribution is 6.69. The van der Waals surface area contributed by atoms with Gasteiger partial charge >= 0.3 is 5.97 Å². The van der Waals surface area contributed by atoms with Gasteiger partial charge in [0.1, 0.15) is 0 Å². The Hall–Kier alpha value is -0.433. The summed E-state index contributed by atoms with van der Waals surface area (Å²) in [6.07, 6.45) is 5.86. The molecule has 1 saturated carbocycles. The van der Waals surface area contributed by atoms with Crippen LogP contribution in [0.4, 0.5) is 0 Å². The zero-order chi connectivity index (χ0) is 17.0. The fraction of sp³-hybridized carbons (Fsp3) is 0.941. The van der Waals surface area contributed by atoms with Crippen LogP contribution in [0.5, 0.6) is 0 Å². The van der Waals surface area contributed by atoms with Gasteiger partial charge in [0.2, 0.25) is 0 Å². The van der Waals surface area contributed by atoms with Crippen molar-refractivity contribution in [1.29, 1.82) is 0 Å². The van der Waals surface area contributed by atoms with Gasteiger partial charge in [-0.15, -0.1) is 0 Å². The first kappa shape index (κ1) is 18.9. The second-order valence-electron chi connectivity index (χ2n) is 7.66. The van der Waals surface area contributed by atoms with E-state index in [1.54, 1.807) is 0 Å². The van der Waals surface area contributed by atoms with Gasteiger partial charge in [-0.25, -0.2) is 0 Å². The quantitative estimate of drug-likeness (QED) is 0.521. The molecule has 0 aromatic heterocycles. The lowest BCUT2D eigenvalue weighted by Gasteiger charge is -2.46. The summed E-state index contributed by atoms with van der Waals surface area (Å²) in [6.45, 7) is 10.4. The summed E-state index contributed by atoms with van der Waals surface area (Å²) < 4.78 is 23.3. The summed E-state index contributed by atoms with van der Waals surface area (Å²) in [5, 5.41) is 0. The molecule has 0 amide bonds. The Bertz CT molecular complexity index is 388. The smallest absolute Gasteiger partial charge is 0.305 e. The van der Waals surface area contributed by atoms with Crippen molar-refractivity contribution in [2.75, 3.05) is 19.8 Å². The largest absolute Gasteiger partial charge is 0.466 e. The molecule has 0 atom stereocenters. The molecule has 2 rings (SSSR count). The van der Waals surface area contributed by atoms with Crippen molar-refractivity contribution < 1.29 is 23.4 Å². The Labute approximate surface area is 141 Å². The molecule has 1 aliphatic heterocycles. The maximum atomic E-state index is 11.6. The predicted octanol–water partition coefficient (Wildman–Crippen LogP) is 3.63. The Kier molecular flexibility index (Phi) is 6.27. The summed E-state index contributed by atoms with van der Waals surface area (Å²) in [7, 11) is -1.66. The second-order valence-corrected chi connectivity index (χ2v) is 12.1. The van der Waals surface area contributed by atoms with E-state index in [0.29, 0.717) is 26.2 Å². The molecule has 0 radical (unpaired) electrons. The van der Waals surface area contributed by atoms with Crippen LogP contribution in [0.1, 0.15) is 51.9 Å². The van der Waals surface area contributed by atoms with Crippen LogP contribution in [0.3, 0.4) is 0 Å². The van der Waals surface area contributed by atoms with Crippen LogP contribution in [-0.4, -0.2) is 45.5 Å². The molecule has 5 nitrogen and oxygen atoms in total. The maximum absolute atomic E-state index is 11.6. The first-order valence-corrected chi connectivity index (χ1v) is 12.3. The summed E-state index contributed by atoms with van der Waals surface area (Å²) in [4.78, 5) is 11.6. The summed E-state index contributed by atoms with van der Waals surface area (Å²) in [5.74, 6) is -0.474. The molecule has 2 aliphatic rings. The van der Waals surface area contributed by atoms with Crippen LogP contribution < -0.4 is 0 Å². The first-order chi connectivity index (χ1) is 10.8. The number of carbonyl (C=O) groups excluding carboxylic acids is 1. The van der Waals surface area contributed by atoms with Gasteiger partial charge in [-0.2, -0.15) is 0 Å². The molecular weight excluding hydrogens is 312 g/mol. The van der Waals surface area contributed by atoms with Crippen molar-refractivity contribution in [2.24, 2.45) is 0 Å². The Morgan fingerprint density at radius 2 is 1.70 bits per heavy atom. The van der Waals surface area contributed by atoms with Gasteiger partial charge in [-0.1, -0.05) is 0 Å². The molecule has 0 unspecified atom stereocenters. The maximum Gasteiger partial charge on any atom is 0.305 e. The number of hydrogen-bond donors (Lipinski definition) is 0. The van der Waals surface area contributed by atoms with E-state index in [9.17, 15) is 4.79 Å². The van der Waals surface area contributed by atoms with Gasteiger partial charge in [-0.3, -0.25) is 4.79 Å². The molecule has 1 heterocycles. The van der Waals surface area contributed by atoms with Crippen LogP contribution in [0, 0.1) is 0 Å². The van der Waals surface area contributed by atoms with E-state index in [4.69, 9.17) is 18.6 Å². The minimum Gasteiger partial charge on any atom is -0.466 e. The number of ether oxygens (including phenoxy) is 3. The average Bonchev–Trinajstić information content (AvgIpc) is 2.90. The molecule has 1 saturated heterocycles. The fourth-order valence-electron chi connectivity index (χ4n) is 3.71. The van der Waals surface area contributed by atoms with E-state index >= 15 is 0 Å². The van der Waals surface area contributed by atoms with E-state index < -0.39 is 8.32 Å². The van der Waals surface area contributed by atoms with Crippen molar-refractivity contribution in [1.82, 2.24) is 0 Å². The highest BCUT2D eigenvalue weighted by Crippen LogP contribution is 2.45. The lowest BCUT2D eigenvalue weighted by molar-refractivity contribution is -0.200. The Balaban J connectivity index is 1.93. The monoisotopic (exact) mass is 344 g/mol. The van der Waals surface area contributed by atoms with Crippen LogP contribution >= 0.6 is 0 Å². The Morgan fingerprint density at radius 1 is 1.09 bits per heavy atom. The predicted molar refractivity (Wildman–Crippen MR) is 90.7 cm³/mol. The molecule has 23 heavy (non-hydrogen) atoms. The molecule has 134 valence electrons. The Morgan fingerprint density at radius 3 is 2.22 bits per heavy atom. The molecule has 2 fully saturated rings. The van der Waals surface area contributed by atoms with E-state index in [0.717, 1.165) is 38.5 Å². The molecule has 1 aliphatic carbocycles. The lowest BCUT2D eigenvalue weighted by Crippen LogP contribution is -2.49. The van der Waals surface area contributed by atoms with Crippen molar-refractivity contribution in [2.45, 2.75) is 82.9 Å². The zero-order valence-electron chi connectivity index (χ0n) is 15.1. The van der Waals surface area contributed by atoms with Gasteiger partial charge < -0.3 is 18.6 Å². The van der Waals surface area contributed by atoms with Crippen LogP contribution in [0.25, 0.3) is 0 Å². The fourth-order valence-corrected chi connectivity index (χ4v) is 5.32. The van der Waals surface area contributed by atoms with Gasteiger partial charge in [0, 0.05) is 19.3 Å². The zero-order valence-corrected chi connectivity index (χ0v) is 16.1. The third-order valence-electron chi connectivity index (χ3n) is 4.58. The van der Waals surface area contributed by atoms with E-state index in [2.05, 4.69) is 19.6 Å². The second kappa shape index (κ2) is 7.63. The summed E-state index contributed by atoms with van der Waals surface area (Å²) in [5.41, 5.74) is -0.127. The number of carbonyl (C=O) groups is 1. The van der Waals surface area contributed by atoms with Gasteiger partial charge in [0.15, 0.2) is 14.1 Å². The van der Waals surface area contributed by atoms with Crippen molar-refractivity contribution in [3.8, 4) is 0 Å². The highest BCUT2D eigenvalue weighted by Gasteiger charge is 2.47. The van der Waals surface area contributed by atoms with Crippen LogP contribution in [-0.2, 0) is 23.4 Å². The third kappa shape index (κ3) is 5.55. The standard InChI is InChI=1S/C17H32O5Si/c1-5-19-15(18)7-6-8-16(22-23(2,3)4)9-11-17(12-10-16)20-13-14-21-17/h5-14H2,1-4H3. The average molecular weight is 345 g/mol. The normalized spacial score (nSPS) is 23.1. The van der Waals surface area contributed by atoms with Gasteiger partial charge in [0.05, 0.1) is 25.4 Å². The molecule has 0 aromatic rings. The molecule has 0 aromatic carbocycles. The molecular formula is C17H32O5Si. The molecule has 0 N–H and O–H groups in total. The number of esters is 1. The molecule has 6 heteroatoms. The lowest BCUT2D eigenvalue weighted by atomic mass is 9.78. The van der Waals surface area contributed by atoms with Crippen LogP contribution in [0.15, 0.2) is 0 Å². The summed E-state index contributed by atoms with van der Waals surface area (Å²) in [6, 6.07) is 0. The highest BCUT2D eigenvalue weighted by atomic mass is 28.4. The molecule has 1 spiro atoms.